The van der Waals surface area contributed by atoms with E-state index in [4.69, 9.17) is 9.72 Å². The number of fused-ring (bicyclic) bond motifs is 1. The Labute approximate surface area is 163 Å². The molecule has 0 radical (unpaired) electrons. The Morgan fingerprint density at radius 2 is 2.11 bits per heavy atom. The number of aryl methyl sites for hydroxylation is 3. The van der Waals surface area contributed by atoms with E-state index in [0.29, 0.717) is 12.5 Å². The molecule has 1 N–H and O–H groups in total. The molecule has 1 amide bonds. The first kappa shape index (κ1) is 18.9. The molecule has 8 nitrogen and oxygen atoms in total. The van der Waals surface area contributed by atoms with Crippen LogP contribution in [0.15, 0.2) is 10.9 Å². The minimum absolute atomic E-state index is 0.0674. The predicted octanol–water partition coefficient (Wildman–Crippen LogP) is 1.22. The van der Waals surface area contributed by atoms with Crippen LogP contribution in [-0.4, -0.2) is 44.5 Å². The van der Waals surface area contributed by atoms with Gasteiger partial charge in [-0.15, -0.1) is 0 Å². The summed E-state index contributed by atoms with van der Waals surface area (Å²) >= 11 is 0. The fraction of sp³-hybridized carbons (Fsp3) is 0.600. The zero-order valence-electron chi connectivity index (χ0n) is 16.5. The first-order valence-corrected chi connectivity index (χ1v) is 10.1. The summed E-state index contributed by atoms with van der Waals surface area (Å²) in [5, 5.41) is 7.39. The minimum Gasteiger partial charge on any atom is -0.376 e. The number of amides is 1. The van der Waals surface area contributed by atoms with Crippen molar-refractivity contribution in [2.24, 2.45) is 0 Å². The molecule has 2 aromatic rings. The number of aromatic nitrogens is 4. The second-order valence-corrected chi connectivity index (χ2v) is 7.71. The van der Waals surface area contributed by atoms with E-state index >= 15 is 0 Å². The van der Waals surface area contributed by atoms with Crippen molar-refractivity contribution >= 4 is 5.91 Å². The summed E-state index contributed by atoms with van der Waals surface area (Å²) in [6.07, 6.45) is 5.57. The molecule has 0 aromatic carbocycles. The zero-order chi connectivity index (χ0) is 19.7. The van der Waals surface area contributed by atoms with Crippen molar-refractivity contribution in [2.75, 3.05) is 13.2 Å². The van der Waals surface area contributed by atoms with E-state index in [0.717, 1.165) is 67.8 Å². The molecule has 4 rings (SSSR count). The molecule has 2 aromatic heterocycles. The lowest BCUT2D eigenvalue weighted by Crippen LogP contribution is -2.39. The zero-order valence-corrected chi connectivity index (χ0v) is 16.5. The fourth-order valence-corrected chi connectivity index (χ4v) is 4.05. The molecule has 150 valence electrons. The van der Waals surface area contributed by atoms with Gasteiger partial charge >= 0.3 is 0 Å². The Balaban J connectivity index is 1.66. The number of carbonyl (C=O) groups excluding carboxylic acids is 1. The van der Waals surface area contributed by atoms with Crippen LogP contribution in [0.2, 0.25) is 0 Å². The molecule has 1 aliphatic heterocycles. The average molecular weight is 385 g/mol. The Bertz CT molecular complexity index is 940. The Morgan fingerprint density at radius 3 is 2.82 bits per heavy atom. The van der Waals surface area contributed by atoms with E-state index in [1.54, 1.807) is 4.68 Å². The van der Waals surface area contributed by atoms with E-state index in [1.807, 2.05) is 19.9 Å². The van der Waals surface area contributed by atoms with Crippen molar-refractivity contribution < 1.29 is 9.53 Å². The van der Waals surface area contributed by atoms with Gasteiger partial charge in [0.05, 0.1) is 17.5 Å². The SMILES string of the molecule is Cc1cc(C)n(-c2nc3c(c(=O)n2CC(=O)NCC2CCCO2)CCCC3)n1. The van der Waals surface area contributed by atoms with Gasteiger partial charge in [0.15, 0.2) is 0 Å². The van der Waals surface area contributed by atoms with Gasteiger partial charge in [-0.1, -0.05) is 0 Å². The van der Waals surface area contributed by atoms with Crippen LogP contribution in [0.5, 0.6) is 0 Å². The van der Waals surface area contributed by atoms with Gasteiger partial charge in [-0.2, -0.15) is 5.10 Å². The molecule has 2 aliphatic rings. The first-order chi connectivity index (χ1) is 13.5. The van der Waals surface area contributed by atoms with Gasteiger partial charge in [0.2, 0.25) is 11.9 Å². The number of hydrogen-bond acceptors (Lipinski definition) is 5. The highest BCUT2D eigenvalue weighted by molar-refractivity contribution is 5.76. The summed E-state index contributed by atoms with van der Waals surface area (Å²) in [7, 11) is 0. The molecule has 0 bridgehead atoms. The lowest BCUT2D eigenvalue weighted by molar-refractivity contribution is -0.122. The first-order valence-electron chi connectivity index (χ1n) is 10.1. The van der Waals surface area contributed by atoms with Crippen molar-refractivity contribution in [3.63, 3.8) is 0 Å². The van der Waals surface area contributed by atoms with Crippen molar-refractivity contribution in [1.82, 2.24) is 24.6 Å². The van der Waals surface area contributed by atoms with E-state index in [1.165, 1.54) is 4.57 Å². The maximum Gasteiger partial charge on any atom is 0.258 e. The lowest BCUT2D eigenvalue weighted by atomic mass is 9.97. The van der Waals surface area contributed by atoms with Crippen LogP contribution in [0.3, 0.4) is 0 Å². The number of ether oxygens (including phenoxy) is 1. The normalized spacial score (nSPS) is 18.9. The number of carbonyl (C=O) groups is 1. The minimum atomic E-state index is -0.210. The number of hydrogen-bond donors (Lipinski definition) is 1. The van der Waals surface area contributed by atoms with Gasteiger partial charge in [-0.05, 0) is 58.4 Å². The van der Waals surface area contributed by atoms with Crippen LogP contribution in [-0.2, 0) is 28.9 Å². The maximum atomic E-state index is 13.2. The number of rotatable bonds is 5. The van der Waals surface area contributed by atoms with Gasteiger partial charge in [-0.25, -0.2) is 9.67 Å². The average Bonchev–Trinajstić information content (AvgIpc) is 3.31. The molecule has 1 aliphatic carbocycles. The van der Waals surface area contributed by atoms with Gasteiger partial charge < -0.3 is 10.1 Å². The van der Waals surface area contributed by atoms with Gasteiger partial charge in [0, 0.05) is 24.4 Å². The third-order valence-electron chi connectivity index (χ3n) is 5.47. The Morgan fingerprint density at radius 1 is 1.29 bits per heavy atom. The molecular formula is C20H27N5O3. The van der Waals surface area contributed by atoms with Crippen LogP contribution >= 0.6 is 0 Å². The molecule has 3 heterocycles. The summed E-state index contributed by atoms with van der Waals surface area (Å²) in [6.45, 7) is 4.98. The van der Waals surface area contributed by atoms with Gasteiger partial charge in [0.25, 0.3) is 5.56 Å². The molecule has 1 atom stereocenters. The second-order valence-electron chi connectivity index (χ2n) is 7.71. The molecule has 1 fully saturated rings. The highest BCUT2D eigenvalue weighted by Gasteiger charge is 2.23. The van der Waals surface area contributed by atoms with Crippen molar-refractivity contribution in [2.45, 2.75) is 65.0 Å². The van der Waals surface area contributed by atoms with E-state index in [2.05, 4.69) is 10.4 Å². The largest absolute Gasteiger partial charge is 0.376 e. The molecule has 0 saturated carbocycles. The van der Waals surface area contributed by atoms with Crippen molar-refractivity contribution in [3.05, 3.63) is 39.1 Å². The van der Waals surface area contributed by atoms with Crippen LogP contribution in [0.1, 0.15) is 48.3 Å². The summed E-state index contributed by atoms with van der Waals surface area (Å²) in [5.41, 5.74) is 3.19. The predicted molar refractivity (Wildman–Crippen MR) is 104 cm³/mol. The molecule has 1 saturated heterocycles. The topological polar surface area (TPSA) is 91.0 Å². The molecule has 8 heteroatoms. The highest BCUT2D eigenvalue weighted by Crippen LogP contribution is 2.19. The fourth-order valence-electron chi connectivity index (χ4n) is 4.05. The quantitative estimate of drug-likeness (QED) is 0.836. The van der Waals surface area contributed by atoms with Crippen molar-refractivity contribution in [1.29, 1.82) is 0 Å². The molecule has 0 spiro atoms. The summed E-state index contributed by atoms with van der Waals surface area (Å²) < 4.78 is 8.69. The molecular weight excluding hydrogens is 358 g/mol. The lowest BCUT2D eigenvalue weighted by Gasteiger charge is -2.20. The van der Waals surface area contributed by atoms with E-state index in [9.17, 15) is 9.59 Å². The third kappa shape index (κ3) is 3.73. The number of nitrogens with zero attached hydrogens (tertiary/aromatic N) is 4. The third-order valence-corrected chi connectivity index (χ3v) is 5.47. The van der Waals surface area contributed by atoms with E-state index in [-0.39, 0.29) is 24.1 Å². The van der Waals surface area contributed by atoms with Crippen LogP contribution < -0.4 is 10.9 Å². The monoisotopic (exact) mass is 385 g/mol. The second kappa shape index (κ2) is 7.87. The molecule has 28 heavy (non-hydrogen) atoms. The Kier molecular flexibility index (Phi) is 5.30. The van der Waals surface area contributed by atoms with Crippen molar-refractivity contribution in [3.8, 4) is 5.95 Å². The van der Waals surface area contributed by atoms with Crippen LogP contribution in [0.4, 0.5) is 0 Å². The summed E-state index contributed by atoms with van der Waals surface area (Å²) in [6, 6.07) is 1.94. The summed E-state index contributed by atoms with van der Waals surface area (Å²) in [4.78, 5) is 30.5. The maximum absolute atomic E-state index is 13.2. The van der Waals surface area contributed by atoms with Gasteiger partial charge in [-0.3, -0.25) is 14.2 Å². The van der Waals surface area contributed by atoms with Crippen LogP contribution in [0.25, 0.3) is 5.95 Å². The van der Waals surface area contributed by atoms with Gasteiger partial charge in [0.1, 0.15) is 6.54 Å². The number of nitrogens with one attached hydrogen (secondary N) is 1. The molecule has 1 unspecified atom stereocenters. The standard InChI is InChI=1S/C20H27N5O3/c1-13-10-14(2)25(23-13)20-22-17-8-4-3-7-16(17)19(27)24(20)12-18(26)21-11-15-6-5-9-28-15/h10,15H,3-9,11-12H2,1-2H3,(H,21,26). The Hall–Kier alpha value is -2.48. The van der Waals surface area contributed by atoms with Crippen LogP contribution in [0, 0.1) is 13.8 Å². The highest BCUT2D eigenvalue weighted by atomic mass is 16.5. The van der Waals surface area contributed by atoms with E-state index < -0.39 is 0 Å². The summed E-state index contributed by atoms with van der Waals surface area (Å²) in [5.74, 6) is 0.210. The smallest absolute Gasteiger partial charge is 0.258 e.